The van der Waals surface area contributed by atoms with Crippen LogP contribution in [-0.4, -0.2) is 45.5 Å². The molecule has 0 atom stereocenters. The minimum Gasteiger partial charge on any atom is -0.484 e. The lowest BCUT2D eigenvalue weighted by molar-refractivity contribution is -0.153. The van der Waals surface area contributed by atoms with Crippen LogP contribution in [0.2, 0.25) is 0 Å². The summed E-state index contributed by atoms with van der Waals surface area (Å²) in [5.74, 6) is -1.66. The van der Waals surface area contributed by atoms with E-state index in [9.17, 15) is 22.8 Å². The Labute approximate surface area is 144 Å². The Hall–Kier alpha value is -2.07. The number of carbonyl (C=O) groups is 2. The molecule has 1 amide bonds. The van der Waals surface area contributed by atoms with Crippen molar-refractivity contribution in [2.24, 2.45) is 0 Å². The van der Waals surface area contributed by atoms with E-state index in [2.05, 4.69) is 4.74 Å². The zero-order chi connectivity index (χ0) is 17.9. The summed E-state index contributed by atoms with van der Waals surface area (Å²) in [6.45, 7) is -1.91. The maximum absolute atomic E-state index is 12.1. The molecule has 0 radical (unpaired) electrons. The molecule has 1 aliphatic heterocycles. The number of carboxylic acid groups (broad SMARTS) is 1. The fraction of sp³-hybridized carbons (Fsp3) is 0.214. The van der Waals surface area contributed by atoms with Crippen LogP contribution in [0.25, 0.3) is 6.08 Å². The van der Waals surface area contributed by atoms with Crippen LogP contribution in [0.3, 0.4) is 0 Å². The van der Waals surface area contributed by atoms with Gasteiger partial charge in [0.25, 0.3) is 5.91 Å². The van der Waals surface area contributed by atoms with Gasteiger partial charge in [-0.15, -0.1) is 0 Å². The maximum atomic E-state index is 12.1. The van der Waals surface area contributed by atoms with E-state index in [4.69, 9.17) is 17.3 Å². The van der Waals surface area contributed by atoms with Gasteiger partial charge >= 0.3 is 12.1 Å². The lowest BCUT2D eigenvalue weighted by atomic mass is 10.2. The molecule has 0 bridgehead atoms. The smallest absolute Gasteiger partial charge is 0.422 e. The normalized spacial score (nSPS) is 16.8. The summed E-state index contributed by atoms with van der Waals surface area (Å²) in [7, 11) is 0. The first-order valence-electron chi connectivity index (χ1n) is 6.42. The Bertz CT molecular complexity index is 701. The summed E-state index contributed by atoms with van der Waals surface area (Å²) in [5.41, 5.74) is 0.546. The zero-order valence-corrected chi connectivity index (χ0v) is 13.5. The minimum absolute atomic E-state index is 0.0444. The van der Waals surface area contributed by atoms with Crippen molar-refractivity contribution in [2.75, 3.05) is 13.2 Å². The molecule has 1 aromatic carbocycles. The van der Waals surface area contributed by atoms with E-state index in [0.717, 1.165) is 16.7 Å². The number of thiocarbonyl (C=S) groups is 1. The molecule has 1 saturated heterocycles. The van der Waals surface area contributed by atoms with Gasteiger partial charge in [0.15, 0.2) is 6.61 Å². The zero-order valence-electron chi connectivity index (χ0n) is 11.9. The van der Waals surface area contributed by atoms with Crippen molar-refractivity contribution in [1.29, 1.82) is 0 Å². The first-order valence-corrected chi connectivity index (χ1v) is 7.65. The molecule has 1 aliphatic rings. The van der Waals surface area contributed by atoms with Gasteiger partial charge in [-0.3, -0.25) is 14.5 Å². The van der Waals surface area contributed by atoms with E-state index in [0.29, 0.717) is 5.56 Å². The van der Waals surface area contributed by atoms with E-state index in [-0.39, 0.29) is 15.0 Å². The van der Waals surface area contributed by atoms with Crippen LogP contribution in [-0.2, 0) is 9.59 Å². The topological polar surface area (TPSA) is 66.8 Å². The molecule has 5 nitrogen and oxygen atoms in total. The number of hydrogen-bond acceptors (Lipinski definition) is 5. The Balaban J connectivity index is 2.07. The molecule has 0 aromatic heterocycles. The number of amides is 1. The van der Waals surface area contributed by atoms with Crippen molar-refractivity contribution in [3.63, 3.8) is 0 Å². The fourth-order valence-electron chi connectivity index (χ4n) is 1.75. The molecular weight excluding hydrogens is 367 g/mol. The van der Waals surface area contributed by atoms with Gasteiger partial charge in [-0.1, -0.05) is 36.1 Å². The lowest BCUT2D eigenvalue weighted by Crippen LogP contribution is -2.33. The molecule has 1 aromatic rings. The molecule has 24 heavy (non-hydrogen) atoms. The van der Waals surface area contributed by atoms with Gasteiger partial charge in [0.1, 0.15) is 16.6 Å². The molecule has 0 saturated carbocycles. The van der Waals surface area contributed by atoms with E-state index in [1.807, 2.05) is 0 Å². The van der Waals surface area contributed by atoms with Gasteiger partial charge in [-0.05, 0) is 23.8 Å². The number of nitrogens with zero attached hydrogens (tertiary/aromatic N) is 1. The highest BCUT2D eigenvalue weighted by atomic mass is 32.2. The van der Waals surface area contributed by atoms with Crippen molar-refractivity contribution >= 4 is 46.3 Å². The SMILES string of the molecule is O=C(O)CN1C(=O)/C(=C/c2ccc(OCC(F)(F)F)cc2)SC1=S. The van der Waals surface area contributed by atoms with Crippen LogP contribution in [0.4, 0.5) is 13.2 Å². The highest BCUT2D eigenvalue weighted by molar-refractivity contribution is 8.26. The van der Waals surface area contributed by atoms with Crippen molar-refractivity contribution in [1.82, 2.24) is 4.90 Å². The van der Waals surface area contributed by atoms with Crippen LogP contribution < -0.4 is 4.74 Å². The Morgan fingerprint density at radius 3 is 2.50 bits per heavy atom. The molecular formula is C14H10F3NO4S2. The van der Waals surface area contributed by atoms with Crippen molar-refractivity contribution < 1.29 is 32.6 Å². The summed E-state index contributed by atoms with van der Waals surface area (Å²) in [6, 6.07) is 5.65. The lowest BCUT2D eigenvalue weighted by Gasteiger charge is -2.10. The minimum atomic E-state index is -4.42. The number of rotatable bonds is 5. The molecule has 0 aliphatic carbocycles. The quantitative estimate of drug-likeness (QED) is 0.629. The van der Waals surface area contributed by atoms with Crippen molar-refractivity contribution in [2.45, 2.75) is 6.18 Å². The average Bonchev–Trinajstić information content (AvgIpc) is 2.73. The van der Waals surface area contributed by atoms with E-state index in [1.165, 1.54) is 30.3 Å². The summed E-state index contributed by atoms with van der Waals surface area (Å²) in [4.78, 5) is 24.0. The summed E-state index contributed by atoms with van der Waals surface area (Å²) < 4.78 is 40.9. The largest absolute Gasteiger partial charge is 0.484 e. The second-order valence-corrected chi connectivity index (χ2v) is 6.31. The van der Waals surface area contributed by atoms with Crippen LogP contribution in [0.15, 0.2) is 29.2 Å². The third kappa shape index (κ3) is 4.96. The Morgan fingerprint density at radius 1 is 1.33 bits per heavy atom. The third-order valence-corrected chi connectivity index (χ3v) is 4.13. The molecule has 128 valence electrons. The van der Waals surface area contributed by atoms with Crippen LogP contribution in [0.5, 0.6) is 5.75 Å². The molecule has 2 rings (SSSR count). The maximum Gasteiger partial charge on any atom is 0.422 e. The van der Waals surface area contributed by atoms with Gasteiger partial charge in [0.2, 0.25) is 0 Å². The monoisotopic (exact) mass is 377 g/mol. The first-order chi connectivity index (χ1) is 11.2. The molecule has 0 unspecified atom stereocenters. The highest BCUT2D eigenvalue weighted by Crippen LogP contribution is 2.32. The molecule has 10 heteroatoms. The van der Waals surface area contributed by atoms with E-state index in [1.54, 1.807) is 0 Å². The Morgan fingerprint density at radius 2 is 1.96 bits per heavy atom. The number of ether oxygens (including phenoxy) is 1. The van der Waals surface area contributed by atoms with Crippen LogP contribution >= 0.6 is 24.0 Å². The van der Waals surface area contributed by atoms with Crippen molar-refractivity contribution in [3.8, 4) is 5.75 Å². The van der Waals surface area contributed by atoms with Gasteiger partial charge in [-0.25, -0.2) is 0 Å². The number of aliphatic carboxylic acids is 1. The second-order valence-electron chi connectivity index (χ2n) is 4.63. The average molecular weight is 377 g/mol. The van der Waals surface area contributed by atoms with Gasteiger partial charge in [-0.2, -0.15) is 13.2 Å². The summed E-state index contributed by atoms with van der Waals surface area (Å²) >= 11 is 5.92. The van der Waals surface area contributed by atoms with Gasteiger partial charge in [0.05, 0.1) is 4.91 Å². The summed E-state index contributed by atoms with van der Waals surface area (Å²) in [6.07, 6.45) is -2.94. The number of halogens is 3. The standard InChI is InChI=1S/C14H10F3NO4S2/c15-14(16,17)7-22-9-3-1-8(2-4-9)5-10-12(21)18(6-11(19)20)13(23)24-10/h1-5H,6-7H2,(H,19,20)/b10-5-. The third-order valence-electron chi connectivity index (χ3n) is 2.75. The van der Waals surface area contributed by atoms with Crippen molar-refractivity contribution in [3.05, 3.63) is 34.7 Å². The summed E-state index contributed by atoms with van der Waals surface area (Å²) in [5, 5.41) is 8.75. The number of carbonyl (C=O) groups excluding carboxylic acids is 1. The molecule has 0 spiro atoms. The fourth-order valence-corrected chi connectivity index (χ4v) is 3.00. The second kappa shape index (κ2) is 7.22. The molecule has 1 N–H and O–H groups in total. The highest BCUT2D eigenvalue weighted by Gasteiger charge is 2.33. The number of benzene rings is 1. The number of carboxylic acids is 1. The predicted molar refractivity (Wildman–Crippen MR) is 85.5 cm³/mol. The Kier molecular flexibility index (Phi) is 5.50. The van der Waals surface area contributed by atoms with Crippen LogP contribution in [0.1, 0.15) is 5.56 Å². The molecule has 1 heterocycles. The van der Waals surface area contributed by atoms with Gasteiger partial charge < -0.3 is 9.84 Å². The number of alkyl halides is 3. The first kappa shape index (κ1) is 18.3. The number of thioether (sulfide) groups is 1. The predicted octanol–water partition coefficient (Wildman–Crippen LogP) is 2.91. The van der Waals surface area contributed by atoms with Gasteiger partial charge in [0, 0.05) is 0 Å². The van der Waals surface area contributed by atoms with Crippen LogP contribution in [0, 0.1) is 0 Å². The van der Waals surface area contributed by atoms with E-state index < -0.39 is 31.2 Å². The van der Waals surface area contributed by atoms with E-state index >= 15 is 0 Å². The number of hydrogen-bond donors (Lipinski definition) is 1. The molecule has 1 fully saturated rings.